The highest BCUT2D eigenvalue weighted by atomic mass is 35.5. The van der Waals surface area contributed by atoms with Gasteiger partial charge in [0, 0.05) is 30.6 Å². The van der Waals surface area contributed by atoms with Gasteiger partial charge in [-0.2, -0.15) is 0 Å². The summed E-state index contributed by atoms with van der Waals surface area (Å²) in [4.78, 5) is 23.5. The number of benzene rings is 2. The van der Waals surface area contributed by atoms with E-state index in [-0.39, 0.29) is 4.90 Å². The van der Waals surface area contributed by atoms with Crippen LogP contribution in [-0.2, 0) is 21.9 Å². The number of nitrogens with one attached hydrogen (secondary N) is 2. The number of hydrogen-bond donors (Lipinski definition) is 2. The molecule has 0 atom stereocenters. The van der Waals surface area contributed by atoms with E-state index < -0.39 is 21.8 Å². The molecule has 0 bridgehead atoms. The van der Waals surface area contributed by atoms with Crippen LogP contribution < -0.4 is 10.0 Å². The molecule has 0 radical (unpaired) electrons. The van der Waals surface area contributed by atoms with E-state index in [9.17, 15) is 18.0 Å². The number of nitrogens with zero attached hydrogens (tertiary/aromatic N) is 1. The summed E-state index contributed by atoms with van der Waals surface area (Å²) in [5.74, 6) is -1.09. The summed E-state index contributed by atoms with van der Waals surface area (Å²) in [5.41, 5.74) is 1.49. The SMILES string of the molecule is CC(=O)NS(=O)(=O)c1ccc(NC(=O)c2cc3c(Cl)c(Cl)ccc3n2C)cc1. The molecule has 3 rings (SSSR count). The third-order valence-corrected chi connectivity index (χ3v) is 6.31. The Morgan fingerprint density at radius 1 is 1.04 bits per heavy atom. The Morgan fingerprint density at radius 2 is 1.68 bits per heavy atom. The Kier molecular flexibility index (Phi) is 5.38. The minimum atomic E-state index is -3.93. The Hall–Kier alpha value is -2.55. The number of rotatable bonds is 4. The van der Waals surface area contributed by atoms with Gasteiger partial charge in [-0.25, -0.2) is 13.1 Å². The van der Waals surface area contributed by atoms with Crippen LogP contribution in [0.2, 0.25) is 10.0 Å². The van der Waals surface area contributed by atoms with Crippen LogP contribution in [0.5, 0.6) is 0 Å². The summed E-state index contributed by atoms with van der Waals surface area (Å²) in [7, 11) is -2.21. The lowest BCUT2D eigenvalue weighted by molar-refractivity contribution is -0.117. The Labute approximate surface area is 171 Å². The maximum Gasteiger partial charge on any atom is 0.272 e. The summed E-state index contributed by atoms with van der Waals surface area (Å²) in [6.45, 7) is 1.11. The number of hydrogen-bond acceptors (Lipinski definition) is 4. The first kappa shape index (κ1) is 20.2. The molecule has 0 aliphatic heterocycles. The van der Waals surface area contributed by atoms with Crippen molar-refractivity contribution in [2.24, 2.45) is 7.05 Å². The van der Waals surface area contributed by atoms with Crippen LogP contribution in [0.1, 0.15) is 17.4 Å². The second kappa shape index (κ2) is 7.46. The van der Waals surface area contributed by atoms with Crippen molar-refractivity contribution in [2.45, 2.75) is 11.8 Å². The molecule has 0 aliphatic rings. The average molecular weight is 440 g/mol. The molecule has 1 heterocycles. The quantitative estimate of drug-likeness (QED) is 0.648. The maximum atomic E-state index is 12.6. The number of aromatic nitrogens is 1. The fourth-order valence-electron chi connectivity index (χ4n) is 2.73. The van der Waals surface area contributed by atoms with Crippen molar-refractivity contribution >= 4 is 61.6 Å². The molecule has 0 saturated heterocycles. The minimum absolute atomic E-state index is 0.0910. The second-order valence-electron chi connectivity index (χ2n) is 6.02. The van der Waals surface area contributed by atoms with E-state index in [1.54, 1.807) is 29.8 Å². The first-order valence-electron chi connectivity index (χ1n) is 7.98. The predicted octanol–water partition coefficient (Wildman–Crippen LogP) is 3.56. The highest BCUT2D eigenvalue weighted by Crippen LogP contribution is 2.32. The van der Waals surface area contributed by atoms with Crippen molar-refractivity contribution in [3.05, 3.63) is 58.2 Å². The van der Waals surface area contributed by atoms with E-state index in [4.69, 9.17) is 23.2 Å². The molecular weight excluding hydrogens is 425 g/mol. The normalized spacial score (nSPS) is 11.4. The molecule has 0 saturated carbocycles. The zero-order chi connectivity index (χ0) is 20.6. The fourth-order valence-corrected chi connectivity index (χ4v) is 4.10. The van der Waals surface area contributed by atoms with Crippen molar-refractivity contribution < 1.29 is 18.0 Å². The van der Waals surface area contributed by atoms with E-state index in [1.807, 2.05) is 4.72 Å². The van der Waals surface area contributed by atoms with Crippen LogP contribution in [0.4, 0.5) is 5.69 Å². The minimum Gasteiger partial charge on any atom is -0.340 e. The predicted molar refractivity (Wildman–Crippen MR) is 108 cm³/mol. The van der Waals surface area contributed by atoms with Gasteiger partial charge in [0.05, 0.1) is 14.9 Å². The third-order valence-electron chi connectivity index (χ3n) is 4.05. The summed E-state index contributed by atoms with van der Waals surface area (Å²) in [5, 5.41) is 4.10. The molecule has 28 heavy (non-hydrogen) atoms. The number of anilines is 1. The maximum absolute atomic E-state index is 12.6. The van der Waals surface area contributed by atoms with Gasteiger partial charge in [0.1, 0.15) is 5.69 Å². The fraction of sp³-hybridized carbons (Fsp3) is 0.111. The molecule has 10 heteroatoms. The third kappa shape index (κ3) is 3.84. The highest BCUT2D eigenvalue weighted by molar-refractivity contribution is 7.90. The van der Waals surface area contributed by atoms with Crippen molar-refractivity contribution in [3.8, 4) is 0 Å². The van der Waals surface area contributed by atoms with E-state index in [0.29, 0.717) is 26.8 Å². The van der Waals surface area contributed by atoms with Gasteiger partial charge in [-0.1, -0.05) is 23.2 Å². The standard InChI is InChI=1S/C18H15Cl2N3O4S/c1-10(24)22-28(26,27)12-5-3-11(4-6-12)21-18(25)16-9-13-15(23(16)2)8-7-14(19)17(13)20/h3-9H,1-2H3,(H,21,25)(H,22,24). The van der Waals surface area contributed by atoms with Crippen molar-refractivity contribution in [1.82, 2.24) is 9.29 Å². The largest absolute Gasteiger partial charge is 0.340 e. The second-order valence-corrected chi connectivity index (χ2v) is 8.49. The van der Waals surface area contributed by atoms with E-state index in [1.165, 1.54) is 24.3 Å². The number of amides is 2. The van der Waals surface area contributed by atoms with Gasteiger partial charge in [-0.3, -0.25) is 9.59 Å². The van der Waals surface area contributed by atoms with Crippen LogP contribution in [0.15, 0.2) is 47.4 Å². The van der Waals surface area contributed by atoms with Gasteiger partial charge in [0.25, 0.3) is 15.9 Å². The van der Waals surface area contributed by atoms with Gasteiger partial charge in [0.15, 0.2) is 0 Å². The van der Waals surface area contributed by atoms with Crippen molar-refractivity contribution in [1.29, 1.82) is 0 Å². The van der Waals surface area contributed by atoms with Gasteiger partial charge in [-0.05, 0) is 42.5 Å². The van der Waals surface area contributed by atoms with E-state index >= 15 is 0 Å². The molecule has 0 aliphatic carbocycles. The molecule has 2 aromatic carbocycles. The van der Waals surface area contributed by atoms with Gasteiger partial charge in [0.2, 0.25) is 5.91 Å². The molecule has 1 aromatic heterocycles. The van der Waals surface area contributed by atoms with Gasteiger partial charge >= 0.3 is 0 Å². The molecule has 7 nitrogen and oxygen atoms in total. The summed E-state index contributed by atoms with van der Waals surface area (Å²) >= 11 is 12.2. The Bertz CT molecular complexity index is 1200. The van der Waals surface area contributed by atoms with Gasteiger partial charge in [-0.15, -0.1) is 0 Å². The number of sulfonamides is 1. The van der Waals surface area contributed by atoms with Crippen LogP contribution in [0.25, 0.3) is 10.9 Å². The molecule has 0 fully saturated rings. The summed E-state index contributed by atoms with van der Waals surface area (Å²) in [6, 6.07) is 10.5. The topological polar surface area (TPSA) is 97.3 Å². The Balaban J connectivity index is 1.86. The zero-order valence-corrected chi connectivity index (χ0v) is 17.1. The number of halogens is 2. The van der Waals surface area contributed by atoms with Crippen molar-refractivity contribution in [2.75, 3.05) is 5.32 Å². The lowest BCUT2D eigenvalue weighted by Gasteiger charge is -2.08. The number of aryl methyl sites for hydroxylation is 1. The first-order valence-corrected chi connectivity index (χ1v) is 10.2. The van der Waals surface area contributed by atoms with Crippen LogP contribution >= 0.6 is 23.2 Å². The van der Waals surface area contributed by atoms with E-state index in [0.717, 1.165) is 12.4 Å². The van der Waals surface area contributed by atoms with Gasteiger partial charge < -0.3 is 9.88 Å². The first-order chi connectivity index (χ1) is 13.1. The number of carbonyl (C=O) groups excluding carboxylic acids is 2. The van der Waals surface area contributed by atoms with E-state index in [2.05, 4.69) is 5.32 Å². The molecule has 0 unspecified atom stereocenters. The number of fused-ring (bicyclic) bond motifs is 1. The van der Waals surface area contributed by atoms with Crippen LogP contribution in [0.3, 0.4) is 0 Å². The lowest BCUT2D eigenvalue weighted by Crippen LogP contribution is -2.28. The Morgan fingerprint density at radius 3 is 2.29 bits per heavy atom. The highest BCUT2D eigenvalue weighted by Gasteiger charge is 2.18. The van der Waals surface area contributed by atoms with Crippen molar-refractivity contribution in [3.63, 3.8) is 0 Å². The number of carbonyl (C=O) groups is 2. The lowest BCUT2D eigenvalue weighted by atomic mass is 10.2. The summed E-state index contributed by atoms with van der Waals surface area (Å²) < 4.78 is 27.5. The molecule has 2 N–H and O–H groups in total. The monoisotopic (exact) mass is 439 g/mol. The summed E-state index contributed by atoms with van der Waals surface area (Å²) in [6.07, 6.45) is 0. The molecule has 2 amide bonds. The molecule has 3 aromatic rings. The molecule has 0 spiro atoms. The van der Waals surface area contributed by atoms with Crippen LogP contribution in [-0.4, -0.2) is 24.8 Å². The molecular formula is C18H15Cl2N3O4S. The average Bonchev–Trinajstić information content (AvgIpc) is 2.95. The smallest absolute Gasteiger partial charge is 0.272 e. The zero-order valence-electron chi connectivity index (χ0n) is 14.8. The molecule has 146 valence electrons. The van der Waals surface area contributed by atoms with Crippen LogP contribution in [0, 0.1) is 0 Å².